The van der Waals surface area contributed by atoms with Crippen molar-refractivity contribution in [2.75, 3.05) is 13.1 Å². The first kappa shape index (κ1) is 15.5. The Balaban J connectivity index is 2.37. The lowest BCUT2D eigenvalue weighted by molar-refractivity contribution is -0.129. The summed E-state index contributed by atoms with van der Waals surface area (Å²) >= 11 is 5.74. The molecule has 6 heteroatoms. The van der Waals surface area contributed by atoms with Gasteiger partial charge in [-0.15, -0.1) is 0 Å². The number of halogens is 1. The maximum absolute atomic E-state index is 11.4. The van der Waals surface area contributed by atoms with Gasteiger partial charge in [0.15, 0.2) is 0 Å². The zero-order chi connectivity index (χ0) is 14.3. The van der Waals surface area contributed by atoms with E-state index in [1.165, 1.54) is 0 Å². The molecule has 1 aromatic carbocycles. The number of amides is 2. The molecule has 0 bridgehead atoms. The number of hydrogen-bond donors (Lipinski definition) is 3. The number of aliphatic hydroxyl groups is 1. The summed E-state index contributed by atoms with van der Waals surface area (Å²) in [5.74, 6) is -0.750. The van der Waals surface area contributed by atoms with Crippen LogP contribution >= 0.6 is 11.6 Å². The molecule has 19 heavy (non-hydrogen) atoms. The monoisotopic (exact) mass is 284 g/mol. The van der Waals surface area contributed by atoms with E-state index >= 15 is 0 Å². The summed E-state index contributed by atoms with van der Waals surface area (Å²) < 4.78 is 0. The van der Waals surface area contributed by atoms with Gasteiger partial charge >= 0.3 is 0 Å². The topological polar surface area (TPSA) is 78.4 Å². The molecule has 0 saturated carbocycles. The molecule has 1 atom stereocenters. The van der Waals surface area contributed by atoms with Gasteiger partial charge in [0.2, 0.25) is 11.8 Å². The third-order valence-electron chi connectivity index (χ3n) is 2.44. The van der Waals surface area contributed by atoms with E-state index in [4.69, 9.17) is 11.6 Å². The summed E-state index contributed by atoms with van der Waals surface area (Å²) in [6.07, 6.45) is -1.06. The van der Waals surface area contributed by atoms with Gasteiger partial charge < -0.3 is 15.7 Å². The zero-order valence-corrected chi connectivity index (χ0v) is 11.4. The Morgan fingerprint density at radius 1 is 1.21 bits per heavy atom. The summed E-state index contributed by atoms with van der Waals surface area (Å²) in [5, 5.41) is 15.4. The second kappa shape index (κ2) is 7.76. The van der Waals surface area contributed by atoms with Crippen LogP contribution in [-0.4, -0.2) is 30.0 Å². The van der Waals surface area contributed by atoms with Crippen LogP contribution in [0, 0.1) is 0 Å². The Morgan fingerprint density at radius 2 is 1.79 bits per heavy atom. The molecule has 0 aromatic heterocycles. The molecule has 0 radical (unpaired) electrons. The molecule has 0 fully saturated rings. The van der Waals surface area contributed by atoms with Gasteiger partial charge in [0, 0.05) is 18.1 Å². The normalized spacial score (nSPS) is 11.7. The Hall–Kier alpha value is -1.59. The number of rotatable bonds is 6. The van der Waals surface area contributed by atoms with Crippen LogP contribution in [0.4, 0.5) is 0 Å². The first-order valence-corrected chi connectivity index (χ1v) is 6.37. The van der Waals surface area contributed by atoms with Crippen LogP contribution in [0.3, 0.4) is 0 Å². The Labute approximate surface area is 117 Å². The van der Waals surface area contributed by atoms with Crippen molar-refractivity contribution in [3.05, 3.63) is 34.9 Å². The minimum Gasteiger partial charge on any atom is -0.387 e. The summed E-state index contributed by atoms with van der Waals surface area (Å²) in [6, 6.07) is 6.69. The van der Waals surface area contributed by atoms with Gasteiger partial charge in [-0.1, -0.05) is 23.7 Å². The van der Waals surface area contributed by atoms with Crippen LogP contribution in [0.5, 0.6) is 0 Å². The summed E-state index contributed by atoms with van der Waals surface area (Å²) in [7, 11) is 0. The SMILES string of the molecule is CCNC(=O)CC(=O)NCC(O)c1ccc(Cl)cc1. The fourth-order valence-electron chi connectivity index (χ4n) is 1.48. The molecule has 0 saturated heterocycles. The highest BCUT2D eigenvalue weighted by atomic mass is 35.5. The lowest BCUT2D eigenvalue weighted by Crippen LogP contribution is -2.33. The minimum absolute atomic E-state index is 0.0554. The van der Waals surface area contributed by atoms with Gasteiger partial charge in [-0.25, -0.2) is 0 Å². The lowest BCUT2D eigenvalue weighted by Gasteiger charge is -2.12. The molecule has 1 unspecified atom stereocenters. The average Bonchev–Trinajstić information content (AvgIpc) is 2.37. The van der Waals surface area contributed by atoms with E-state index in [0.29, 0.717) is 17.1 Å². The van der Waals surface area contributed by atoms with E-state index in [-0.39, 0.29) is 18.9 Å². The van der Waals surface area contributed by atoms with E-state index < -0.39 is 12.0 Å². The smallest absolute Gasteiger partial charge is 0.229 e. The highest BCUT2D eigenvalue weighted by Crippen LogP contribution is 2.15. The van der Waals surface area contributed by atoms with Crippen molar-refractivity contribution in [1.82, 2.24) is 10.6 Å². The number of benzene rings is 1. The molecule has 0 aliphatic carbocycles. The Morgan fingerprint density at radius 3 is 2.37 bits per heavy atom. The van der Waals surface area contributed by atoms with Gasteiger partial charge in [-0.2, -0.15) is 0 Å². The molecule has 3 N–H and O–H groups in total. The predicted molar refractivity (Wildman–Crippen MR) is 72.7 cm³/mol. The van der Waals surface area contributed by atoms with Crippen LogP contribution in [0.1, 0.15) is 25.0 Å². The average molecular weight is 285 g/mol. The molecule has 0 aliphatic rings. The van der Waals surface area contributed by atoms with Crippen molar-refractivity contribution in [2.45, 2.75) is 19.4 Å². The van der Waals surface area contributed by atoms with Crippen LogP contribution in [0.15, 0.2) is 24.3 Å². The quantitative estimate of drug-likeness (QED) is 0.683. The van der Waals surface area contributed by atoms with Gasteiger partial charge in [-0.05, 0) is 24.6 Å². The second-order valence-corrected chi connectivity index (χ2v) is 4.44. The van der Waals surface area contributed by atoms with Crippen molar-refractivity contribution in [3.63, 3.8) is 0 Å². The summed E-state index contributed by atoms with van der Waals surface area (Å²) in [6.45, 7) is 2.32. The van der Waals surface area contributed by atoms with Crippen LogP contribution in [0.25, 0.3) is 0 Å². The Bertz CT molecular complexity index is 434. The highest BCUT2D eigenvalue weighted by Gasteiger charge is 2.11. The van der Waals surface area contributed by atoms with Crippen molar-refractivity contribution in [2.24, 2.45) is 0 Å². The van der Waals surface area contributed by atoms with Crippen molar-refractivity contribution >= 4 is 23.4 Å². The fraction of sp³-hybridized carbons (Fsp3) is 0.385. The maximum Gasteiger partial charge on any atom is 0.229 e. The first-order valence-electron chi connectivity index (χ1n) is 6.00. The third-order valence-corrected chi connectivity index (χ3v) is 2.69. The Kier molecular flexibility index (Phi) is 6.32. The molecule has 0 spiro atoms. The molecule has 0 aliphatic heterocycles. The van der Waals surface area contributed by atoms with Crippen LogP contribution < -0.4 is 10.6 Å². The van der Waals surface area contributed by atoms with Gasteiger partial charge in [0.1, 0.15) is 6.42 Å². The van der Waals surface area contributed by atoms with E-state index in [1.807, 2.05) is 0 Å². The van der Waals surface area contributed by atoms with E-state index in [1.54, 1.807) is 31.2 Å². The first-order chi connectivity index (χ1) is 9.02. The van der Waals surface area contributed by atoms with Crippen LogP contribution in [0.2, 0.25) is 5.02 Å². The largest absolute Gasteiger partial charge is 0.387 e. The minimum atomic E-state index is -0.824. The van der Waals surface area contributed by atoms with Gasteiger partial charge in [0.05, 0.1) is 6.10 Å². The number of carbonyl (C=O) groups is 2. The molecule has 2 amide bonds. The number of aliphatic hydroxyl groups excluding tert-OH is 1. The molecule has 1 aromatic rings. The molecular weight excluding hydrogens is 268 g/mol. The van der Waals surface area contributed by atoms with E-state index in [2.05, 4.69) is 10.6 Å². The number of nitrogens with one attached hydrogen (secondary N) is 2. The van der Waals surface area contributed by atoms with Gasteiger partial charge in [-0.3, -0.25) is 9.59 Å². The van der Waals surface area contributed by atoms with E-state index in [9.17, 15) is 14.7 Å². The van der Waals surface area contributed by atoms with Crippen LogP contribution in [-0.2, 0) is 9.59 Å². The molecular formula is C13H17ClN2O3. The lowest BCUT2D eigenvalue weighted by atomic mass is 10.1. The highest BCUT2D eigenvalue weighted by molar-refractivity contribution is 6.30. The molecule has 1 rings (SSSR count). The predicted octanol–water partition coefficient (Wildman–Crippen LogP) is 1.02. The maximum atomic E-state index is 11.4. The number of carbonyl (C=O) groups excluding carboxylic acids is 2. The van der Waals surface area contributed by atoms with E-state index in [0.717, 1.165) is 0 Å². The fourth-order valence-corrected chi connectivity index (χ4v) is 1.61. The standard InChI is InChI=1S/C13H17ClN2O3/c1-2-15-12(18)7-13(19)16-8-11(17)9-3-5-10(14)6-4-9/h3-6,11,17H,2,7-8H2,1H3,(H,15,18)(H,16,19). The summed E-state index contributed by atoms with van der Waals surface area (Å²) in [5.41, 5.74) is 0.655. The second-order valence-electron chi connectivity index (χ2n) is 4.00. The zero-order valence-electron chi connectivity index (χ0n) is 10.6. The van der Waals surface area contributed by atoms with Crippen molar-refractivity contribution in [3.8, 4) is 0 Å². The third kappa shape index (κ3) is 5.72. The molecule has 104 valence electrons. The van der Waals surface area contributed by atoms with Crippen molar-refractivity contribution < 1.29 is 14.7 Å². The molecule has 0 heterocycles. The number of hydrogen-bond acceptors (Lipinski definition) is 3. The van der Waals surface area contributed by atoms with Gasteiger partial charge in [0.25, 0.3) is 0 Å². The van der Waals surface area contributed by atoms with Crippen molar-refractivity contribution in [1.29, 1.82) is 0 Å². The molecule has 5 nitrogen and oxygen atoms in total. The summed E-state index contributed by atoms with van der Waals surface area (Å²) in [4.78, 5) is 22.6.